The standard InChI is InChI=1S/C15H22FN5/c1-4-6-17-10-12-5-7-19-15(14(12)16)21(3)11-13-18-8-9-20(13)2/h5,7-9,17H,4,6,10-11H2,1-3H3. The van der Waals surface area contributed by atoms with E-state index in [0.717, 1.165) is 18.8 Å². The molecule has 2 aromatic heterocycles. The lowest BCUT2D eigenvalue weighted by Crippen LogP contribution is -2.23. The van der Waals surface area contributed by atoms with Gasteiger partial charge in [0.1, 0.15) is 5.82 Å². The fourth-order valence-corrected chi connectivity index (χ4v) is 2.11. The molecule has 5 nitrogen and oxygen atoms in total. The largest absolute Gasteiger partial charge is 0.350 e. The molecule has 0 unspecified atom stereocenters. The van der Waals surface area contributed by atoms with Crippen LogP contribution in [-0.4, -0.2) is 28.1 Å². The van der Waals surface area contributed by atoms with E-state index in [1.165, 1.54) is 0 Å². The number of hydrogen-bond acceptors (Lipinski definition) is 4. The molecule has 0 radical (unpaired) electrons. The second kappa shape index (κ2) is 7.17. The van der Waals surface area contributed by atoms with Crippen LogP contribution >= 0.6 is 0 Å². The van der Waals surface area contributed by atoms with Gasteiger partial charge in [0.2, 0.25) is 0 Å². The highest BCUT2D eigenvalue weighted by atomic mass is 19.1. The maximum atomic E-state index is 14.5. The highest BCUT2D eigenvalue weighted by molar-refractivity contribution is 5.42. The summed E-state index contributed by atoms with van der Waals surface area (Å²) in [5.74, 6) is 0.958. The Hall–Kier alpha value is -1.95. The van der Waals surface area contributed by atoms with Gasteiger partial charge in [-0.2, -0.15) is 0 Å². The summed E-state index contributed by atoms with van der Waals surface area (Å²) >= 11 is 0. The van der Waals surface area contributed by atoms with Crippen LogP contribution in [0.25, 0.3) is 0 Å². The predicted molar refractivity (Wildman–Crippen MR) is 81.5 cm³/mol. The Morgan fingerprint density at radius 1 is 1.33 bits per heavy atom. The van der Waals surface area contributed by atoms with Crippen molar-refractivity contribution in [2.45, 2.75) is 26.4 Å². The van der Waals surface area contributed by atoms with Crippen molar-refractivity contribution in [3.05, 3.63) is 41.9 Å². The first kappa shape index (κ1) is 15.4. The van der Waals surface area contributed by atoms with E-state index in [2.05, 4.69) is 22.2 Å². The number of aromatic nitrogens is 3. The number of anilines is 1. The van der Waals surface area contributed by atoms with Crippen LogP contribution in [0.3, 0.4) is 0 Å². The fourth-order valence-electron chi connectivity index (χ4n) is 2.11. The van der Waals surface area contributed by atoms with E-state index in [-0.39, 0.29) is 5.82 Å². The Morgan fingerprint density at radius 3 is 2.81 bits per heavy atom. The Balaban J connectivity index is 2.11. The van der Waals surface area contributed by atoms with Gasteiger partial charge in [-0.3, -0.25) is 0 Å². The molecule has 0 fully saturated rings. The van der Waals surface area contributed by atoms with E-state index in [9.17, 15) is 4.39 Å². The number of halogens is 1. The van der Waals surface area contributed by atoms with Crippen molar-refractivity contribution < 1.29 is 4.39 Å². The van der Waals surface area contributed by atoms with Gasteiger partial charge in [-0.1, -0.05) is 6.92 Å². The van der Waals surface area contributed by atoms with Crippen LogP contribution in [0.2, 0.25) is 0 Å². The summed E-state index contributed by atoms with van der Waals surface area (Å²) in [5, 5.41) is 3.21. The van der Waals surface area contributed by atoms with Gasteiger partial charge < -0.3 is 14.8 Å². The normalized spacial score (nSPS) is 10.9. The minimum atomic E-state index is -0.266. The molecule has 0 amide bonds. The monoisotopic (exact) mass is 291 g/mol. The molecular formula is C15H22FN5. The highest BCUT2D eigenvalue weighted by Gasteiger charge is 2.14. The summed E-state index contributed by atoms with van der Waals surface area (Å²) in [6.07, 6.45) is 6.28. The topological polar surface area (TPSA) is 46.0 Å². The Labute approximate surface area is 124 Å². The first-order valence-electron chi connectivity index (χ1n) is 7.15. The second-order valence-electron chi connectivity index (χ2n) is 5.09. The van der Waals surface area contributed by atoms with Gasteiger partial charge in [0, 0.05) is 44.8 Å². The first-order chi connectivity index (χ1) is 10.1. The molecule has 114 valence electrons. The number of nitrogens with zero attached hydrogens (tertiary/aromatic N) is 4. The molecule has 0 atom stereocenters. The predicted octanol–water partition coefficient (Wildman–Crippen LogP) is 2.09. The Morgan fingerprint density at radius 2 is 2.14 bits per heavy atom. The molecule has 6 heteroatoms. The van der Waals surface area contributed by atoms with Crippen LogP contribution in [0.15, 0.2) is 24.7 Å². The van der Waals surface area contributed by atoms with Crippen LogP contribution in [0.1, 0.15) is 24.7 Å². The molecule has 0 saturated carbocycles. The lowest BCUT2D eigenvalue weighted by atomic mass is 10.2. The van der Waals surface area contributed by atoms with Crippen LogP contribution in [0.5, 0.6) is 0 Å². The average molecular weight is 291 g/mol. The van der Waals surface area contributed by atoms with Crippen molar-refractivity contribution in [3.63, 3.8) is 0 Å². The first-order valence-corrected chi connectivity index (χ1v) is 7.15. The van der Waals surface area contributed by atoms with Gasteiger partial charge in [-0.05, 0) is 19.0 Å². The fraction of sp³-hybridized carbons (Fsp3) is 0.467. The van der Waals surface area contributed by atoms with Crippen LogP contribution in [-0.2, 0) is 20.1 Å². The minimum Gasteiger partial charge on any atom is -0.350 e. The summed E-state index contributed by atoms with van der Waals surface area (Å²) in [5.41, 5.74) is 0.639. The summed E-state index contributed by atoms with van der Waals surface area (Å²) in [6.45, 7) is 3.99. The minimum absolute atomic E-state index is 0.266. The van der Waals surface area contributed by atoms with E-state index in [4.69, 9.17) is 0 Å². The van der Waals surface area contributed by atoms with Gasteiger partial charge in [-0.15, -0.1) is 0 Å². The zero-order chi connectivity index (χ0) is 15.2. The summed E-state index contributed by atoms with van der Waals surface area (Å²) in [7, 11) is 3.74. The zero-order valence-electron chi connectivity index (χ0n) is 12.8. The van der Waals surface area contributed by atoms with Crippen LogP contribution < -0.4 is 10.2 Å². The van der Waals surface area contributed by atoms with Gasteiger partial charge in [0.15, 0.2) is 11.6 Å². The third-order valence-electron chi connectivity index (χ3n) is 3.35. The van der Waals surface area contributed by atoms with Crippen molar-refractivity contribution in [2.24, 2.45) is 7.05 Å². The van der Waals surface area contributed by atoms with Gasteiger partial charge in [0.25, 0.3) is 0 Å². The molecule has 2 rings (SSSR count). The lowest BCUT2D eigenvalue weighted by molar-refractivity contribution is 0.575. The zero-order valence-corrected chi connectivity index (χ0v) is 12.8. The summed E-state index contributed by atoms with van der Waals surface area (Å²) in [6, 6.07) is 1.72. The summed E-state index contributed by atoms with van der Waals surface area (Å²) in [4.78, 5) is 10.2. The smallest absolute Gasteiger partial charge is 0.170 e. The van der Waals surface area contributed by atoms with E-state index in [0.29, 0.717) is 24.5 Å². The van der Waals surface area contributed by atoms with Crippen molar-refractivity contribution in [3.8, 4) is 0 Å². The quantitative estimate of drug-likeness (QED) is 0.794. The van der Waals surface area contributed by atoms with Gasteiger partial charge in [-0.25, -0.2) is 14.4 Å². The Kier molecular flexibility index (Phi) is 5.27. The molecule has 0 spiro atoms. The third-order valence-corrected chi connectivity index (χ3v) is 3.35. The third kappa shape index (κ3) is 3.78. The number of rotatable bonds is 7. The number of pyridine rings is 1. The van der Waals surface area contributed by atoms with Gasteiger partial charge >= 0.3 is 0 Å². The Bertz CT molecular complexity index is 581. The number of imidazole rings is 1. The molecule has 21 heavy (non-hydrogen) atoms. The maximum Gasteiger partial charge on any atom is 0.170 e. The van der Waals surface area contributed by atoms with Crippen molar-refractivity contribution in [1.82, 2.24) is 19.9 Å². The number of nitrogens with one attached hydrogen (secondary N) is 1. The molecule has 0 aromatic carbocycles. The molecular weight excluding hydrogens is 269 g/mol. The molecule has 0 saturated heterocycles. The SMILES string of the molecule is CCCNCc1ccnc(N(C)Cc2nccn2C)c1F. The summed E-state index contributed by atoms with van der Waals surface area (Å²) < 4.78 is 16.4. The van der Waals surface area contributed by atoms with Crippen LogP contribution in [0, 0.1) is 5.82 Å². The molecule has 0 aliphatic carbocycles. The van der Waals surface area contributed by atoms with Crippen molar-refractivity contribution in [2.75, 3.05) is 18.5 Å². The number of aryl methyl sites for hydroxylation is 1. The second-order valence-corrected chi connectivity index (χ2v) is 5.09. The van der Waals surface area contributed by atoms with E-state index in [1.54, 1.807) is 23.4 Å². The average Bonchev–Trinajstić information content (AvgIpc) is 2.86. The number of hydrogen-bond donors (Lipinski definition) is 1. The van der Waals surface area contributed by atoms with E-state index >= 15 is 0 Å². The maximum absolute atomic E-state index is 14.5. The van der Waals surface area contributed by atoms with E-state index in [1.807, 2.05) is 24.9 Å². The molecule has 2 aromatic rings. The molecule has 0 bridgehead atoms. The lowest BCUT2D eigenvalue weighted by Gasteiger charge is -2.19. The highest BCUT2D eigenvalue weighted by Crippen LogP contribution is 2.19. The van der Waals surface area contributed by atoms with Gasteiger partial charge in [0.05, 0.1) is 6.54 Å². The molecule has 2 heterocycles. The molecule has 1 N–H and O–H groups in total. The molecule has 0 aliphatic rings. The van der Waals surface area contributed by atoms with Crippen molar-refractivity contribution in [1.29, 1.82) is 0 Å². The van der Waals surface area contributed by atoms with Crippen LogP contribution in [0.4, 0.5) is 10.2 Å². The van der Waals surface area contributed by atoms with Crippen molar-refractivity contribution >= 4 is 5.82 Å². The van der Waals surface area contributed by atoms with E-state index < -0.39 is 0 Å². The molecule has 0 aliphatic heterocycles.